The van der Waals surface area contributed by atoms with Gasteiger partial charge in [-0.1, -0.05) is 34.8 Å². The lowest BCUT2D eigenvalue weighted by atomic mass is 10.2. The Morgan fingerprint density at radius 2 is 1.00 bits per heavy atom. The van der Waals surface area contributed by atoms with Gasteiger partial charge in [-0.05, 0) is 60.7 Å². The third-order valence-electron chi connectivity index (χ3n) is 3.72. The van der Waals surface area contributed by atoms with Gasteiger partial charge in [0.1, 0.15) is 5.56 Å². The van der Waals surface area contributed by atoms with Crippen LogP contribution in [0.2, 0.25) is 15.1 Å². The van der Waals surface area contributed by atoms with Gasteiger partial charge in [-0.25, -0.2) is 29.0 Å². The van der Waals surface area contributed by atoms with Crippen molar-refractivity contribution in [1.82, 2.24) is 0 Å². The molecular formula is C21H11Cl3O7. The summed E-state index contributed by atoms with van der Waals surface area (Å²) in [6, 6.07) is 15.4. The molecular weight excluding hydrogens is 471 g/mol. The van der Waals surface area contributed by atoms with Gasteiger partial charge in [-0.2, -0.15) is 0 Å². The van der Waals surface area contributed by atoms with E-state index in [9.17, 15) is 14.4 Å². The normalized spacial score (nSPS) is 10.2. The van der Waals surface area contributed by atoms with Gasteiger partial charge in [0.15, 0.2) is 5.75 Å². The van der Waals surface area contributed by atoms with Gasteiger partial charge in [0.2, 0.25) is 0 Å². The summed E-state index contributed by atoms with van der Waals surface area (Å²) in [4.78, 5) is 55.1. The van der Waals surface area contributed by atoms with E-state index in [-0.39, 0.29) is 27.5 Å². The summed E-state index contributed by atoms with van der Waals surface area (Å²) in [5.41, 5.74) is 0.0614. The van der Waals surface area contributed by atoms with Crippen LogP contribution in [0.1, 0.15) is 31.1 Å². The zero-order valence-electron chi connectivity index (χ0n) is 15.3. The monoisotopic (exact) mass is 480 g/mol. The van der Waals surface area contributed by atoms with Crippen molar-refractivity contribution in [3.05, 3.63) is 98.5 Å². The van der Waals surface area contributed by atoms with Gasteiger partial charge >= 0.3 is 17.9 Å². The van der Waals surface area contributed by atoms with Gasteiger partial charge in [-0.3, -0.25) is 4.89 Å². The van der Waals surface area contributed by atoms with Crippen LogP contribution in [0.25, 0.3) is 0 Å². The maximum absolute atomic E-state index is 12.3. The molecule has 0 aromatic heterocycles. The first kappa shape index (κ1) is 22.4. The zero-order valence-corrected chi connectivity index (χ0v) is 17.6. The van der Waals surface area contributed by atoms with E-state index in [1.165, 1.54) is 66.7 Å². The van der Waals surface area contributed by atoms with Crippen LogP contribution >= 0.6 is 34.8 Å². The summed E-state index contributed by atoms with van der Waals surface area (Å²) in [6.07, 6.45) is 0. The minimum atomic E-state index is -1.09. The third kappa shape index (κ3) is 6.11. The van der Waals surface area contributed by atoms with E-state index in [2.05, 4.69) is 9.78 Å². The molecule has 0 radical (unpaired) electrons. The quantitative estimate of drug-likeness (QED) is 0.340. The van der Waals surface area contributed by atoms with Crippen molar-refractivity contribution in [1.29, 1.82) is 0 Å². The largest absolute Gasteiger partial charge is 0.390 e. The number of carbonyl (C=O) groups is 3. The molecule has 0 unspecified atom stereocenters. The average molecular weight is 482 g/mol. The van der Waals surface area contributed by atoms with Crippen LogP contribution in [-0.4, -0.2) is 17.9 Å². The van der Waals surface area contributed by atoms with Crippen LogP contribution in [0.15, 0.2) is 66.7 Å². The first-order chi connectivity index (χ1) is 14.8. The van der Waals surface area contributed by atoms with Crippen molar-refractivity contribution >= 4 is 52.7 Å². The molecule has 10 heteroatoms. The Morgan fingerprint density at radius 3 is 1.55 bits per heavy atom. The highest BCUT2D eigenvalue weighted by molar-refractivity contribution is 6.31. The predicted molar refractivity (Wildman–Crippen MR) is 111 cm³/mol. The lowest BCUT2D eigenvalue weighted by Gasteiger charge is -2.09. The number of benzene rings is 3. The molecule has 0 aliphatic heterocycles. The SMILES string of the molecule is O=C(OOC(=O)c1ccc(Cl)cc1OOC(=O)c1ccc(Cl)cc1)c1ccc(Cl)cc1. The summed E-state index contributed by atoms with van der Waals surface area (Å²) < 4.78 is 0. The highest BCUT2D eigenvalue weighted by Gasteiger charge is 2.21. The molecule has 3 aromatic carbocycles. The summed E-state index contributed by atoms with van der Waals surface area (Å²) in [7, 11) is 0. The number of rotatable bonds is 5. The summed E-state index contributed by atoms with van der Waals surface area (Å²) in [5.74, 6) is -3.08. The Kier molecular flexibility index (Phi) is 7.36. The second-order valence-electron chi connectivity index (χ2n) is 5.85. The van der Waals surface area contributed by atoms with Gasteiger partial charge in [0, 0.05) is 21.1 Å². The fourth-order valence-corrected chi connectivity index (χ4v) is 2.62. The van der Waals surface area contributed by atoms with Crippen LogP contribution < -0.4 is 4.89 Å². The second-order valence-corrected chi connectivity index (χ2v) is 7.16. The molecule has 0 atom stereocenters. The molecule has 3 aromatic rings. The molecule has 0 bridgehead atoms. The van der Waals surface area contributed by atoms with E-state index >= 15 is 0 Å². The van der Waals surface area contributed by atoms with Crippen LogP contribution in [0, 0.1) is 0 Å². The topological polar surface area (TPSA) is 88.1 Å². The van der Waals surface area contributed by atoms with Crippen molar-refractivity contribution in [2.24, 2.45) is 0 Å². The van der Waals surface area contributed by atoms with Gasteiger partial charge in [-0.15, -0.1) is 0 Å². The Labute approximate surface area is 190 Å². The Morgan fingerprint density at radius 1 is 0.548 bits per heavy atom. The molecule has 0 heterocycles. The molecule has 158 valence electrons. The minimum Gasteiger partial charge on any atom is -0.286 e. The maximum atomic E-state index is 12.3. The predicted octanol–water partition coefficient (Wildman–Crippen LogP) is 5.73. The van der Waals surface area contributed by atoms with Gasteiger partial charge < -0.3 is 0 Å². The van der Waals surface area contributed by atoms with E-state index in [0.29, 0.717) is 10.0 Å². The molecule has 0 N–H and O–H groups in total. The number of carbonyl (C=O) groups excluding carboxylic acids is 3. The van der Waals surface area contributed by atoms with Gasteiger partial charge in [0.05, 0.1) is 11.1 Å². The van der Waals surface area contributed by atoms with E-state index in [0.717, 1.165) is 0 Å². The molecule has 31 heavy (non-hydrogen) atoms. The molecule has 0 saturated carbocycles. The molecule has 0 amide bonds. The van der Waals surface area contributed by atoms with Crippen molar-refractivity contribution in [2.75, 3.05) is 0 Å². The Hall–Kier alpha value is -3.26. The Bertz CT molecular complexity index is 1110. The van der Waals surface area contributed by atoms with E-state index in [1.54, 1.807) is 0 Å². The number of hydrogen-bond donors (Lipinski definition) is 0. The molecule has 0 saturated heterocycles. The van der Waals surface area contributed by atoms with Crippen molar-refractivity contribution in [2.45, 2.75) is 0 Å². The standard InChI is InChI=1S/C21H11Cl3O7/c22-14-5-1-12(2-6-14)19(25)29-28-18-11-16(24)9-10-17(18)21(27)31-30-20(26)13-3-7-15(23)8-4-13/h1-11H. The van der Waals surface area contributed by atoms with Crippen molar-refractivity contribution < 1.29 is 33.9 Å². The highest BCUT2D eigenvalue weighted by atomic mass is 35.5. The fourth-order valence-electron chi connectivity index (χ4n) is 2.21. The highest BCUT2D eigenvalue weighted by Crippen LogP contribution is 2.25. The fraction of sp³-hybridized carbons (Fsp3) is 0. The second kappa shape index (κ2) is 10.2. The first-order valence-corrected chi connectivity index (χ1v) is 9.59. The van der Waals surface area contributed by atoms with Crippen LogP contribution in [0.3, 0.4) is 0 Å². The third-order valence-corrected chi connectivity index (χ3v) is 4.46. The lowest BCUT2D eigenvalue weighted by molar-refractivity contribution is -0.188. The summed E-state index contributed by atoms with van der Waals surface area (Å²) in [5, 5.41) is 1.04. The first-order valence-electron chi connectivity index (χ1n) is 8.46. The maximum Gasteiger partial charge on any atom is 0.390 e. The van der Waals surface area contributed by atoms with Crippen LogP contribution in [0.4, 0.5) is 0 Å². The average Bonchev–Trinajstić information content (AvgIpc) is 2.76. The molecule has 3 rings (SSSR count). The van der Waals surface area contributed by atoms with E-state index in [4.69, 9.17) is 44.6 Å². The number of halogens is 3. The van der Waals surface area contributed by atoms with E-state index < -0.39 is 17.9 Å². The molecule has 0 aliphatic carbocycles. The smallest absolute Gasteiger partial charge is 0.286 e. The lowest BCUT2D eigenvalue weighted by Crippen LogP contribution is -2.14. The zero-order chi connectivity index (χ0) is 22.4. The molecule has 0 spiro atoms. The number of hydrogen-bond acceptors (Lipinski definition) is 7. The molecule has 7 nitrogen and oxygen atoms in total. The minimum absolute atomic E-state index is 0.113. The van der Waals surface area contributed by atoms with E-state index in [1.807, 2.05) is 0 Å². The van der Waals surface area contributed by atoms with Gasteiger partial charge in [0.25, 0.3) is 0 Å². The summed E-state index contributed by atoms with van der Waals surface area (Å²) in [6.45, 7) is 0. The van der Waals surface area contributed by atoms with Crippen molar-refractivity contribution in [3.8, 4) is 5.75 Å². The Balaban J connectivity index is 1.66. The molecule has 0 fully saturated rings. The van der Waals surface area contributed by atoms with Crippen LogP contribution in [-0.2, 0) is 14.7 Å². The van der Waals surface area contributed by atoms with Crippen molar-refractivity contribution in [3.63, 3.8) is 0 Å². The molecule has 0 aliphatic rings. The van der Waals surface area contributed by atoms with Crippen LogP contribution in [0.5, 0.6) is 5.75 Å². The summed E-state index contributed by atoms with van der Waals surface area (Å²) >= 11 is 17.4.